The first-order valence-electron chi connectivity index (χ1n) is 5.30. The number of amides is 1. The van der Waals surface area contributed by atoms with Crippen LogP contribution in [0.3, 0.4) is 0 Å². The second-order valence-electron chi connectivity index (χ2n) is 4.75. The Hall–Kier alpha value is -1.58. The number of hydrogen-bond donors (Lipinski definition) is 1. The zero-order valence-electron chi connectivity index (χ0n) is 9.46. The minimum Gasteiger partial charge on any atom is -0.396 e. The highest BCUT2D eigenvalue weighted by molar-refractivity contribution is 5.97. The number of hydrogen-bond acceptors (Lipinski definition) is 2. The normalized spacial score (nSPS) is 19.2. The summed E-state index contributed by atoms with van der Waals surface area (Å²) in [5.41, 5.74) is 5.85. The molecule has 0 unspecified atom stereocenters. The first-order chi connectivity index (χ1) is 7.42. The van der Waals surface area contributed by atoms with Gasteiger partial charge in [-0.05, 0) is 38.5 Å². The maximum atomic E-state index is 13.3. The van der Waals surface area contributed by atoms with Crippen LogP contribution >= 0.6 is 0 Å². The maximum Gasteiger partial charge on any atom is 0.227 e. The van der Waals surface area contributed by atoms with Crippen LogP contribution in [0.5, 0.6) is 0 Å². The molecule has 1 saturated heterocycles. The molecule has 4 heteroatoms. The third-order valence-electron chi connectivity index (χ3n) is 3.05. The van der Waals surface area contributed by atoms with Crippen LogP contribution < -0.4 is 10.6 Å². The highest BCUT2D eigenvalue weighted by atomic mass is 19.1. The molecule has 1 aromatic carbocycles. The number of carbonyl (C=O) groups is 1. The van der Waals surface area contributed by atoms with Crippen LogP contribution in [0.25, 0.3) is 0 Å². The van der Waals surface area contributed by atoms with Gasteiger partial charge in [0.15, 0.2) is 0 Å². The molecule has 1 fully saturated rings. The predicted octanol–water partition coefficient (Wildman–Crippen LogP) is 2.31. The quantitative estimate of drug-likeness (QED) is 0.741. The molecule has 0 aromatic heterocycles. The summed E-state index contributed by atoms with van der Waals surface area (Å²) in [4.78, 5) is 13.4. The van der Waals surface area contributed by atoms with Crippen molar-refractivity contribution in [3.63, 3.8) is 0 Å². The molecule has 0 saturated carbocycles. The van der Waals surface area contributed by atoms with Gasteiger partial charge in [0.2, 0.25) is 5.91 Å². The Labute approximate surface area is 94.0 Å². The zero-order chi connectivity index (χ0) is 11.9. The number of anilines is 2. The van der Waals surface area contributed by atoms with Crippen LogP contribution in [0.4, 0.5) is 15.8 Å². The van der Waals surface area contributed by atoms with E-state index < -0.39 is 5.82 Å². The van der Waals surface area contributed by atoms with Gasteiger partial charge in [0.1, 0.15) is 5.82 Å². The number of nitrogens with zero attached hydrogens (tertiary/aromatic N) is 1. The van der Waals surface area contributed by atoms with Gasteiger partial charge >= 0.3 is 0 Å². The molecule has 1 aromatic rings. The van der Waals surface area contributed by atoms with Crippen molar-refractivity contribution in [3.8, 4) is 0 Å². The van der Waals surface area contributed by atoms with Crippen LogP contribution in [0.1, 0.15) is 26.7 Å². The topological polar surface area (TPSA) is 46.3 Å². The summed E-state index contributed by atoms with van der Waals surface area (Å²) in [6.07, 6.45) is 1.30. The van der Waals surface area contributed by atoms with Gasteiger partial charge in [0.25, 0.3) is 0 Å². The van der Waals surface area contributed by atoms with E-state index in [4.69, 9.17) is 5.73 Å². The van der Waals surface area contributed by atoms with Crippen molar-refractivity contribution in [1.82, 2.24) is 0 Å². The molecule has 0 spiro atoms. The van der Waals surface area contributed by atoms with Gasteiger partial charge in [-0.15, -0.1) is 0 Å². The maximum absolute atomic E-state index is 13.3. The van der Waals surface area contributed by atoms with E-state index in [2.05, 4.69) is 0 Å². The highest BCUT2D eigenvalue weighted by Crippen LogP contribution is 2.35. The Balaban J connectivity index is 2.43. The first-order valence-corrected chi connectivity index (χ1v) is 5.30. The lowest BCUT2D eigenvalue weighted by molar-refractivity contribution is -0.117. The SMILES string of the molecule is CC1(C)CCC(=O)N1c1ccc(N)c(F)c1. The lowest BCUT2D eigenvalue weighted by atomic mass is 10.0. The summed E-state index contributed by atoms with van der Waals surface area (Å²) >= 11 is 0. The fraction of sp³-hybridized carbons (Fsp3) is 0.417. The van der Waals surface area contributed by atoms with Crippen LogP contribution in [-0.2, 0) is 4.79 Å². The van der Waals surface area contributed by atoms with Crippen molar-refractivity contribution in [2.24, 2.45) is 0 Å². The molecular formula is C12H15FN2O. The van der Waals surface area contributed by atoms with Gasteiger partial charge in [-0.1, -0.05) is 0 Å². The Morgan fingerprint density at radius 2 is 2.12 bits per heavy atom. The fourth-order valence-electron chi connectivity index (χ4n) is 2.12. The zero-order valence-corrected chi connectivity index (χ0v) is 9.46. The van der Waals surface area contributed by atoms with Crippen molar-refractivity contribution >= 4 is 17.3 Å². The minimum absolute atomic E-state index is 0.0363. The third kappa shape index (κ3) is 1.64. The Morgan fingerprint density at radius 3 is 2.62 bits per heavy atom. The van der Waals surface area contributed by atoms with Crippen molar-refractivity contribution in [1.29, 1.82) is 0 Å². The lowest BCUT2D eigenvalue weighted by Crippen LogP contribution is -2.40. The molecule has 1 amide bonds. The van der Waals surface area contributed by atoms with E-state index in [9.17, 15) is 9.18 Å². The van der Waals surface area contributed by atoms with Crippen molar-refractivity contribution < 1.29 is 9.18 Å². The molecule has 0 aliphatic carbocycles. The van der Waals surface area contributed by atoms with Crippen molar-refractivity contribution in [3.05, 3.63) is 24.0 Å². The van der Waals surface area contributed by atoms with Gasteiger partial charge in [-0.2, -0.15) is 0 Å². The summed E-state index contributed by atoms with van der Waals surface area (Å²) in [7, 11) is 0. The Bertz CT molecular complexity index is 443. The third-order valence-corrected chi connectivity index (χ3v) is 3.05. The molecule has 1 aliphatic rings. The van der Waals surface area contributed by atoms with E-state index in [1.807, 2.05) is 13.8 Å². The molecule has 1 heterocycles. The molecule has 2 N–H and O–H groups in total. The molecule has 16 heavy (non-hydrogen) atoms. The van der Waals surface area contributed by atoms with Crippen LogP contribution in [0, 0.1) is 5.82 Å². The van der Waals surface area contributed by atoms with E-state index in [-0.39, 0.29) is 17.1 Å². The number of nitrogens with two attached hydrogens (primary N) is 1. The van der Waals surface area contributed by atoms with E-state index in [1.54, 1.807) is 11.0 Å². The number of nitrogen functional groups attached to an aromatic ring is 1. The fourth-order valence-corrected chi connectivity index (χ4v) is 2.12. The Morgan fingerprint density at radius 1 is 1.44 bits per heavy atom. The van der Waals surface area contributed by atoms with E-state index in [1.165, 1.54) is 12.1 Å². The average Bonchev–Trinajstić information content (AvgIpc) is 2.46. The van der Waals surface area contributed by atoms with E-state index in [0.29, 0.717) is 12.1 Å². The van der Waals surface area contributed by atoms with E-state index >= 15 is 0 Å². The standard InChI is InChI=1S/C12H15FN2O/c1-12(2)6-5-11(16)15(12)8-3-4-10(14)9(13)7-8/h3-4,7H,5-6,14H2,1-2H3. The summed E-state index contributed by atoms with van der Waals surface area (Å²) in [6, 6.07) is 4.50. The molecule has 3 nitrogen and oxygen atoms in total. The molecule has 2 rings (SSSR count). The highest BCUT2D eigenvalue weighted by Gasteiger charge is 2.38. The molecule has 0 radical (unpaired) electrons. The van der Waals surface area contributed by atoms with Gasteiger partial charge in [-0.25, -0.2) is 4.39 Å². The average molecular weight is 222 g/mol. The number of benzene rings is 1. The number of halogens is 1. The van der Waals surface area contributed by atoms with Crippen LogP contribution in [0.2, 0.25) is 0 Å². The van der Waals surface area contributed by atoms with Crippen molar-refractivity contribution in [2.75, 3.05) is 10.6 Å². The van der Waals surface area contributed by atoms with Crippen LogP contribution in [0.15, 0.2) is 18.2 Å². The predicted molar refractivity (Wildman–Crippen MR) is 61.6 cm³/mol. The van der Waals surface area contributed by atoms with Gasteiger partial charge < -0.3 is 10.6 Å². The lowest BCUT2D eigenvalue weighted by Gasteiger charge is -2.31. The summed E-state index contributed by atoms with van der Waals surface area (Å²) in [5, 5.41) is 0. The smallest absolute Gasteiger partial charge is 0.227 e. The first kappa shape index (κ1) is 10.9. The number of rotatable bonds is 1. The molecule has 1 aliphatic heterocycles. The second kappa shape index (κ2) is 3.47. The molecule has 0 atom stereocenters. The molecule has 0 bridgehead atoms. The second-order valence-corrected chi connectivity index (χ2v) is 4.75. The van der Waals surface area contributed by atoms with Gasteiger partial charge in [0.05, 0.1) is 5.69 Å². The molecule has 86 valence electrons. The minimum atomic E-state index is -0.479. The van der Waals surface area contributed by atoms with E-state index in [0.717, 1.165) is 6.42 Å². The number of carbonyl (C=O) groups excluding carboxylic acids is 1. The summed E-state index contributed by atoms with van der Waals surface area (Å²) in [5.74, 6) is -0.442. The van der Waals surface area contributed by atoms with Crippen molar-refractivity contribution in [2.45, 2.75) is 32.2 Å². The summed E-state index contributed by atoms with van der Waals surface area (Å²) < 4.78 is 13.3. The van der Waals surface area contributed by atoms with Gasteiger partial charge in [0, 0.05) is 17.6 Å². The monoisotopic (exact) mass is 222 g/mol. The summed E-state index contributed by atoms with van der Waals surface area (Å²) in [6.45, 7) is 3.96. The Kier molecular flexibility index (Phi) is 2.37. The van der Waals surface area contributed by atoms with Crippen LogP contribution in [-0.4, -0.2) is 11.4 Å². The molecular weight excluding hydrogens is 207 g/mol. The largest absolute Gasteiger partial charge is 0.396 e. The van der Waals surface area contributed by atoms with Gasteiger partial charge in [-0.3, -0.25) is 4.79 Å².